The number of fused-ring (bicyclic) bond motifs is 1. The number of carbonyl (C=O) groups excluding carboxylic acids is 3. The SMILES string of the molecule is Cc1cc(-n2c(C)cc(C(=O)CN3C(=O)NC(C)(c4ccc5c(c4)OCO5)C3=O)c2C)no1. The third-order valence-corrected chi connectivity index (χ3v) is 6.10. The average molecular weight is 450 g/mol. The molecule has 0 radical (unpaired) electrons. The fourth-order valence-corrected chi connectivity index (χ4v) is 4.33. The molecule has 1 aromatic carbocycles. The van der Waals surface area contributed by atoms with Crippen molar-refractivity contribution < 1.29 is 28.4 Å². The van der Waals surface area contributed by atoms with Crippen LogP contribution < -0.4 is 14.8 Å². The molecule has 5 rings (SSSR count). The van der Waals surface area contributed by atoms with Gasteiger partial charge in [0.2, 0.25) is 6.79 Å². The monoisotopic (exact) mass is 450 g/mol. The number of nitrogens with zero attached hydrogens (tertiary/aromatic N) is 3. The van der Waals surface area contributed by atoms with Crippen LogP contribution in [0, 0.1) is 20.8 Å². The van der Waals surface area contributed by atoms with Crippen molar-refractivity contribution in [1.82, 2.24) is 19.9 Å². The maximum atomic E-state index is 13.3. The number of imide groups is 1. The fraction of sp³-hybridized carbons (Fsp3) is 0.304. The number of benzene rings is 1. The number of urea groups is 1. The predicted octanol–water partition coefficient (Wildman–Crippen LogP) is 2.77. The second kappa shape index (κ2) is 7.22. The van der Waals surface area contributed by atoms with E-state index < -0.39 is 17.5 Å². The van der Waals surface area contributed by atoms with Gasteiger partial charge < -0.3 is 19.3 Å². The molecule has 0 spiro atoms. The number of aryl methyl sites for hydroxylation is 2. The largest absolute Gasteiger partial charge is 0.454 e. The Kier molecular flexibility index (Phi) is 4.55. The first-order valence-electron chi connectivity index (χ1n) is 10.4. The third-order valence-electron chi connectivity index (χ3n) is 6.10. The van der Waals surface area contributed by atoms with Gasteiger partial charge in [0.15, 0.2) is 23.1 Å². The summed E-state index contributed by atoms with van der Waals surface area (Å²) in [5.74, 6) is 1.41. The summed E-state index contributed by atoms with van der Waals surface area (Å²) in [5, 5.41) is 6.73. The van der Waals surface area contributed by atoms with E-state index in [2.05, 4.69) is 10.5 Å². The van der Waals surface area contributed by atoms with Crippen molar-refractivity contribution >= 4 is 17.7 Å². The highest BCUT2D eigenvalue weighted by Crippen LogP contribution is 2.38. The summed E-state index contributed by atoms with van der Waals surface area (Å²) in [7, 11) is 0. The van der Waals surface area contributed by atoms with Crippen LogP contribution in [0.2, 0.25) is 0 Å². The van der Waals surface area contributed by atoms with Crippen molar-refractivity contribution in [3.63, 3.8) is 0 Å². The van der Waals surface area contributed by atoms with Crippen molar-refractivity contribution in [1.29, 1.82) is 0 Å². The van der Waals surface area contributed by atoms with Crippen LogP contribution in [0.25, 0.3) is 5.82 Å². The van der Waals surface area contributed by atoms with Gasteiger partial charge in [-0.3, -0.25) is 19.1 Å². The molecule has 2 aromatic heterocycles. The Morgan fingerprint density at radius 1 is 1.12 bits per heavy atom. The Balaban J connectivity index is 1.40. The molecule has 2 aliphatic heterocycles. The van der Waals surface area contributed by atoms with E-state index in [4.69, 9.17) is 14.0 Å². The van der Waals surface area contributed by atoms with Gasteiger partial charge in [-0.05, 0) is 51.5 Å². The zero-order chi connectivity index (χ0) is 23.5. The van der Waals surface area contributed by atoms with Crippen molar-refractivity contribution in [3.05, 3.63) is 58.6 Å². The number of hydrogen-bond donors (Lipinski definition) is 1. The minimum atomic E-state index is -1.33. The molecule has 1 saturated heterocycles. The number of hydrogen-bond acceptors (Lipinski definition) is 7. The molecule has 10 nitrogen and oxygen atoms in total. The van der Waals surface area contributed by atoms with E-state index >= 15 is 0 Å². The lowest BCUT2D eigenvalue weighted by molar-refractivity contribution is -0.130. The number of Topliss-reactive ketones (excluding diaryl/α,β-unsaturated/α-hetero) is 1. The second-order valence-corrected chi connectivity index (χ2v) is 8.35. The smallest absolute Gasteiger partial charge is 0.325 e. The summed E-state index contributed by atoms with van der Waals surface area (Å²) >= 11 is 0. The number of aromatic nitrogens is 2. The molecule has 3 aromatic rings. The molecule has 4 heterocycles. The predicted molar refractivity (Wildman–Crippen MR) is 115 cm³/mol. The molecule has 3 amide bonds. The van der Waals surface area contributed by atoms with Gasteiger partial charge >= 0.3 is 6.03 Å². The molecule has 0 saturated carbocycles. The van der Waals surface area contributed by atoms with Crippen LogP contribution in [0.3, 0.4) is 0 Å². The van der Waals surface area contributed by atoms with Gasteiger partial charge in [0.25, 0.3) is 5.91 Å². The summed E-state index contributed by atoms with van der Waals surface area (Å²) in [6, 6.07) is 7.91. The van der Waals surface area contributed by atoms with Gasteiger partial charge in [-0.15, -0.1) is 0 Å². The summed E-state index contributed by atoms with van der Waals surface area (Å²) < 4.78 is 17.7. The second-order valence-electron chi connectivity index (χ2n) is 8.35. The van der Waals surface area contributed by atoms with Crippen LogP contribution in [0.4, 0.5) is 4.79 Å². The highest BCUT2D eigenvalue weighted by Gasteiger charge is 2.50. The van der Waals surface area contributed by atoms with Crippen LogP contribution in [0.5, 0.6) is 11.5 Å². The minimum absolute atomic E-state index is 0.1000. The summed E-state index contributed by atoms with van der Waals surface area (Å²) in [6.07, 6.45) is 0. The molecular weight excluding hydrogens is 428 g/mol. The van der Waals surface area contributed by atoms with Gasteiger partial charge in [-0.1, -0.05) is 11.2 Å². The Bertz CT molecular complexity index is 1320. The number of nitrogens with one attached hydrogen (secondary N) is 1. The first-order valence-corrected chi connectivity index (χ1v) is 10.4. The van der Waals surface area contributed by atoms with Crippen molar-refractivity contribution in [2.24, 2.45) is 0 Å². The Labute approximate surface area is 189 Å². The van der Waals surface area contributed by atoms with E-state index in [1.54, 1.807) is 55.7 Å². The van der Waals surface area contributed by atoms with Crippen LogP contribution in [-0.2, 0) is 10.3 Å². The topological polar surface area (TPSA) is 116 Å². The van der Waals surface area contributed by atoms with Gasteiger partial charge in [-0.25, -0.2) is 4.79 Å². The number of rotatable bonds is 5. The van der Waals surface area contributed by atoms with Gasteiger partial charge in [0, 0.05) is 23.0 Å². The van der Waals surface area contributed by atoms with E-state index in [1.165, 1.54) is 0 Å². The van der Waals surface area contributed by atoms with E-state index in [1.807, 2.05) is 6.92 Å². The maximum absolute atomic E-state index is 13.3. The zero-order valence-electron chi connectivity index (χ0n) is 18.6. The van der Waals surface area contributed by atoms with Crippen molar-refractivity contribution in [3.8, 4) is 17.3 Å². The Morgan fingerprint density at radius 2 is 1.88 bits per heavy atom. The molecule has 0 aliphatic carbocycles. The number of ether oxygens (including phenoxy) is 2. The molecule has 1 unspecified atom stereocenters. The fourth-order valence-electron chi connectivity index (χ4n) is 4.33. The average Bonchev–Trinajstić information content (AvgIpc) is 3.52. The third kappa shape index (κ3) is 3.17. The molecule has 1 N–H and O–H groups in total. The van der Waals surface area contributed by atoms with E-state index in [-0.39, 0.29) is 19.1 Å². The van der Waals surface area contributed by atoms with E-state index in [9.17, 15) is 14.4 Å². The van der Waals surface area contributed by atoms with Gasteiger partial charge in [-0.2, -0.15) is 0 Å². The molecular formula is C23H22N4O6. The quantitative estimate of drug-likeness (QED) is 0.469. The van der Waals surface area contributed by atoms with Crippen molar-refractivity contribution in [2.75, 3.05) is 13.3 Å². The lowest BCUT2D eigenvalue weighted by atomic mass is 9.91. The van der Waals surface area contributed by atoms with Crippen LogP contribution in [0.1, 0.15) is 40.0 Å². The Hall–Kier alpha value is -4.08. The normalized spacial score (nSPS) is 19.3. The molecule has 1 atom stereocenters. The molecule has 10 heteroatoms. The number of carbonyl (C=O) groups is 3. The van der Waals surface area contributed by atoms with Crippen molar-refractivity contribution in [2.45, 2.75) is 33.2 Å². The lowest BCUT2D eigenvalue weighted by Crippen LogP contribution is -2.41. The van der Waals surface area contributed by atoms with E-state index in [0.29, 0.717) is 39.9 Å². The number of amides is 3. The lowest BCUT2D eigenvalue weighted by Gasteiger charge is -2.22. The van der Waals surface area contributed by atoms with Gasteiger partial charge in [0.05, 0.1) is 6.54 Å². The molecule has 170 valence electrons. The molecule has 2 aliphatic rings. The molecule has 1 fully saturated rings. The molecule has 33 heavy (non-hydrogen) atoms. The highest BCUT2D eigenvalue weighted by atomic mass is 16.7. The maximum Gasteiger partial charge on any atom is 0.325 e. The first-order chi connectivity index (χ1) is 15.7. The zero-order valence-corrected chi connectivity index (χ0v) is 18.6. The molecule has 0 bridgehead atoms. The van der Waals surface area contributed by atoms with E-state index in [0.717, 1.165) is 10.6 Å². The summed E-state index contributed by atoms with van der Waals surface area (Å²) in [4.78, 5) is 40.1. The Morgan fingerprint density at radius 3 is 2.61 bits per heavy atom. The van der Waals surface area contributed by atoms with Crippen LogP contribution in [0.15, 0.2) is 34.9 Å². The van der Waals surface area contributed by atoms with Crippen LogP contribution in [-0.4, -0.2) is 45.7 Å². The minimum Gasteiger partial charge on any atom is -0.454 e. The summed E-state index contributed by atoms with van der Waals surface area (Å²) in [5.41, 5.74) is 1.06. The summed E-state index contributed by atoms with van der Waals surface area (Å²) in [6.45, 7) is 6.74. The number of ketones is 1. The van der Waals surface area contributed by atoms with Crippen LogP contribution >= 0.6 is 0 Å². The standard InChI is InChI=1S/C23H22N4O6/c1-12-7-16(14(3)27(12)20-8-13(2)33-25-20)17(28)10-26-21(29)23(4,24-22(26)30)15-5-6-18-19(9-15)32-11-31-18/h5-9H,10-11H2,1-4H3,(H,24,30). The highest BCUT2D eigenvalue weighted by molar-refractivity contribution is 6.11. The first kappa shape index (κ1) is 20.8. The van der Waals surface area contributed by atoms with Gasteiger partial charge in [0.1, 0.15) is 11.3 Å².